The molecule has 0 bridgehead atoms. The maximum absolute atomic E-state index is 5.88. The van der Waals surface area contributed by atoms with Gasteiger partial charge in [-0.15, -0.1) is 0 Å². The predicted octanol–water partition coefficient (Wildman–Crippen LogP) is 3.35. The fourth-order valence-corrected chi connectivity index (χ4v) is 2.95. The Morgan fingerprint density at radius 3 is 2.95 bits per heavy atom. The molecule has 1 aromatic heterocycles. The maximum Gasteiger partial charge on any atom is 0.196 e. The molecule has 0 saturated carbocycles. The largest absolute Gasteiger partial charge is 0.441 e. The van der Waals surface area contributed by atoms with Gasteiger partial charge in [0.15, 0.2) is 5.88 Å². The number of nitrogens with zero attached hydrogens (tertiary/aromatic N) is 2. The van der Waals surface area contributed by atoms with Crippen LogP contribution in [-0.2, 0) is 0 Å². The number of rotatable bonds is 4. The molecule has 19 heavy (non-hydrogen) atoms. The zero-order valence-corrected chi connectivity index (χ0v) is 11.8. The molecule has 1 atom stereocenters. The minimum absolute atomic E-state index is 0.742. The van der Waals surface area contributed by atoms with E-state index < -0.39 is 0 Å². The van der Waals surface area contributed by atoms with E-state index in [0.717, 1.165) is 24.1 Å². The number of benzene rings is 1. The molecule has 3 heteroatoms. The lowest BCUT2D eigenvalue weighted by molar-refractivity contribution is 0.298. The van der Waals surface area contributed by atoms with E-state index in [1.54, 1.807) is 0 Å². The Morgan fingerprint density at radius 1 is 1.37 bits per heavy atom. The van der Waals surface area contributed by atoms with E-state index in [1.165, 1.54) is 31.2 Å². The summed E-state index contributed by atoms with van der Waals surface area (Å²) >= 11 is 0. The average molecular weight is 258 g/mol. The Balaban J connectivity index is 1.64. The predicted molar refractivity (Wildman–Crippen MR) is 79.8 cm³/mol. The summed E-state index contributed by atoms with van der Waals surface area (Å²) in [5.74, 6) is 0.974. The van der Waals surface area contributed by atoms with Gasteiger partial charge in [-0.25, -0.2) is 0 Å². The van der Waals surface area contributed by atoms with Crippen molar-refractivity contribution in [3.63, 3.8) is 0 Å². The zero-order chi connectivity index (χ0) is 13.2. The van der Waals surface area contributed by atoms with Crippen LogP contribution in [0.15, 0.2) is 34.7 Å². The fraction of sp³-hybridized carbons (Fsp3) is 0.500. The van der Waals surface area contributed by atoms with Crippen molar-refractivity contribution < 1.29 is 4.42 Å². The third-order valence-corrected chi connectivity index (χ3v) is 4.26. The molecule has 1 fully saturated rings. The van der Waals surface area contributed by atoms with Gasteiger partial charge in [0.25, 0.3) is 0 Å². The highest BCUT2D eigenvalue weighted by Gasteiger charge is 2.21. The SMILES string of the molecule is CN(CCC1CCCN1C)c1cc2ccccc2o1. The van der Waals surface area contributed by atoms with Crippen molar-refractivity contribution in [2.24, 2.45) is 0 Å². The van der Waals surface area contributed by atoms with E-state index in [2.05, 4.69) is 42.1 Å². The topological polar surface area (TPSA) is 19.6 Å². The maximum atomic E-state index is 5.88. The van der Waals surface area contributed by atoms with E-state index in [0.29, 0.717) is 0 Å². The molecule has 0 spiro atoms. The third-order valence-electron chi connectivity index (χ3n) is 4.26. The number of hydrogen-bond acceptors (Lipinski definition) is 3. The van der Waals surface area contributed by atoms with Crippen molar-refractivity contribution in [2.45, 2.75) is 25.3 Å². The fourth-order valence-electron chi connectivity index (χ4n) is 2.95. The van der Waals surface area contributed by atoms with Crippen LogP contribution in [0, 0.1) is 0 Å². The lowest BCUT2D eigenvalue weighted by Gasteiger charge is -2.23. The molecule has 3 rings (SSSR count). The Hall–Kier alpha value is -1.48. The molecule has 3 nitrogen and oxygen atoms in total. The molecule has 0 aliphatic carbocycles. The summed E-state index contributed by atoms with van der Waals surface area (Å²) in [5, 5.41) is 1.18. The van der Waals surface area contributed by atoms with Crippen LogP contribution >= 0.6 is 0 Å². The summed E-state index contributed by atoms with van der Waals surface area (Å²) in [5.41, 5.74) is 0.974. The summed E-state index contributed by atoms with van der Waals surface area (Å²) in [4.78, 5) is 4.71. The molecule has 0 N–H and O–H groups in total. The monoisotopic (exact) mass is 258 g/mol. The van der Waals surface area contributed by atoms with Crippen molar-refractivity contribution >= 4 is 16.9 Å². The molecule has 2 aromatic rings. The molecular weight excluding hydrogens is 236 g/mol. The molecule has 1 aliphatic rings. The number of anilines is 1. The van der Waals surface area contributed by atoms with Crippen molar-refractivity contribution in [1.82, 2.24) is 4.90 Å². The second-order valence-corrected chi connectivity index (χ2v) is 5.61. The second kappa shape index (κ2) is 5.25. The van der Waals surface area contributed by atoms with E-state index in [9.17, 15) is 0 Å². The standard InChI is InChI=1S/C16H22N2O/c1-17-10-5-7-14(17)9-11-18(2)16-12-13-6-3-4-8-15(13)19-16/h3-4,6,8,12,14H,5,7,9-11H2,1-2H3. The van der Waals surface area contributed by atoms with Gasteiger partial charge in [-0.3, -0.25) is 0 Å². The van der Waals surface area contributed by atoms with E-state index in [-0.39, 0.29) is 0 Å². The van der Waals surface area contributed by atoms with Crippen LogP contribution in [0.5, 0.6) is 0 Å². The first kappa shape index (κ1) is 12.5. The summed E-state index contributed by atoms with van der Waals surface area (Å²) in [6.07, 6.45) is 3.89. The first-order valence-corrected chi connectivity index (χ1v) is 7.14. The molecule has 0 amide bonds. The Morgan fingerprint density at radius 2 is 2.21 bits per heavy atom. The minimum atomic E-state index is 0.742. The highest BCUT2D eigenvalue weighted by molar-refractivity contribution is 5.80. The molecule has 1 aromatic carbocycles. The highest BCUT2D eigenvalue weighted by atomic mass is 16.4. The summed E-state index contributed by atoms with van der Waals surface area (Å²) in [6, 6.07) is 11.1. The highest BCUT2D eigenvalue weighted by Crippen LogP contribution is 2.26. The molecule has 102 valence electrons. The van der Waals surface area contributed by atoms with Gasteiger partial charge in [0, 0.05) is 31.1 Å². The Kier molecular flexibility index (Phi) is 3.47. The van der Waals surface area contributed by atoms with E-state index in [4.69, 9.17) is 4.42 Å². The van der Waals surface area contributed by atoms with Crippen molar-refractivity contribution in [2.75, 3.05) is 32.1 Å². The lowest BCUT2D eigenvalue weighted by atomic mass is 10.1. The smallest absolute Gasteiger partial charge is 0.196 e. The first-order chi connectivity index (χ1) is 9.24. The van der Waals surface area contributed by atoms with Crippen molar-refractivity contribution in [3.05, 3.63) is 30.3 Å². The van der Waals surface area contributed by atoms with E-state index >= 15 is 0 Å². The lowest BCUT2D eigenvalue weighted by Crippen LogP contribution is -2.29. The number of hydrogen-bond donors (Lipinski definition) is 0. The average Bonchev–Trinajstić information content (AvgIpc) is 3.01. The van der Waals surface area contributed by atoms with Crippen LogP contribution in [0.2, 0.25) is 0 Å². The quantitative estimate of drug-likeness (QED) is 0.838. The van der Waals surface area contributed by atoms with Gasteiger partial charge in [-0.1, -0.05) is 18.2 Å². The van der Waals surface area contributed by atoms with Gasteiger partial charge < -0.3 is 14.2 Å². The summed E-state index contributed by atoms with van der Waals surface area (Å²) in [7, 11) is 4.35. The molecule has 1 saturated heterocycles. The van der Waals surface area contributed by atoms with Crippen LogP contribution in [0.25, 0.3) is 11.0 Å². The van der Waals surface area contributed by atoms with Crippen molar-refractivity contribution in [3.8, 4) is 0 Å². The van der Waals surface area contributed by atoms with Crippen LogP contribution < -0.4 is 4.90 Å². The molecular formula is C16H22N2O. The van der Waals surface area contributed by atoms with Gasteiger partial charge in [-0.05, 0) is 38.9 Å². The number of likely N-dealkylation sites (tertiary alicyclic amines) is 1. The van der Waals surface area contributed by atoms with Gasteiger partial charge in [0.2, 0.25) is 0 Å². The van der Waals surface area contributed by atoms with Gasteiger partial charge >= 0.3 is 0 Å². The molecule has 1 unspecified atom stereocenters. The number of furan rings is 1. The van der Waals surface area contributed by atoms with Crippen LogP contribution in [-0.4, -0.2) is 38.1 Å². The molecule has 1 aliphatic heterocycles. The van der Waals surface area contributed by atoms with Gasteiger partial charge in [-0.2, -0.15) is 0 Å². The van der Waals surface area contributed by atoms with Crippen LogP contribution in [0.4, 0.5) is 5.88 Å². The Bertz CT molecular complexity index is 515. The third kappa shape index (κ3) is 2.61. The van der Waals surface area contributed by atoms with Crippen molar-refractivity contribution in [1.29, 1.82) is 0 Å². The second-order valence-electron chi connectivity index (χ2n) is 5.61. The van der Waals surface area contributed by atoms with Crippen LogP contribution in [0.3, 0.4) is 0 Å². The summed E-state index contributed by atoms with van der Waals surface area (Å²) < 4.78 is 5.88. The number of para-hydroxylation sites is 1. The van der Waals surface area contributed by atoms with E-state index in [1.807, 2.05) is 12.1 Å². The Labute approximate surface area is 114 Å². The number of fused-ring (bicyclic) bond motifs is 1. The molecule has 2 heterocycles. The van der Waals surface area contributed by atoms with Gasteiger partial charge in [0.1, 0.15) is 5.58 Å². The van der Waals surface area contributed by atoms with Gasteiger partial charge in [0.05, 0.1) is 0 Å². The summed E-state index contributed by atoms with van der Waals surface area (Å²) in [6.45, 7) is 2.30. The molecule has 0 radical (unpaired) electrons. The van der Waals surface area contributed by atoms with Crippen LogP contribution in [0.1, 0.15) is 19.3 Å². The normalized spacial score (nSPS) is 20.2. The minimum Gasteiger partial charge on any atom is -0.441 e. The first-order valence-electron chi connectivity index (χ1n) is 7.14. The zero-order valence-electron chi connectivity index (χ0n) is 11.8.